The molecule has 6 heteroatoms. The fourth-order valence-corrected chi connectivity index (χ4v) is 2.53. The molecular formula is C15H23ClN4O. The Bertz CT molecular complexity index is 491. The van der Waals surface area contributed by atoms with E-state index in [1.165, 1.54) is 19.0 Å². The van der Waals surface area contributed by atoms with Crippen molar-refractivity contribution in [3.63, 3.8) is 0 Å². The summed E-state index contributed by atoms with van der Waals surface area (Å²) < 4.78 is 0. The lowest BCUT2D eigenvalue weighted by atomic mass is 10.2. The van der Waals surface area contributed by atoms with E-state index in [2.05, 4.69) is 27.4 Å². The van der Waals surface area contributed by atoms with Crippen molar-refractivity contribution in [1.82, 2.24) is 15.2 Å². The van der Waals surface area contributed by atoms with Crippen LogP contribution in [0.25, 0.3) is 0 Å². The number of hydrogen-bond donors (Lipinski definition) is 2. The molecule has 1 amide bonds. The van der Waals surface area contributed by atoms with Crippen LogP contribution < -0.4 is 10.6 Å². The average Bonchev–Trinajstić information content (AvgIpc) is 3.30. The van der Waals surface area contributed by atoms with Crippen molar-refractivity contribution in [3.05, 3.63) is 22.8 Å². The van der Waals surface area contributed by atoms with E-state index in [9.17, 15) is 4.79 Å². The summed E-state index contributed by atoms with van der Waals surface area (Å²) in [6.07, 6.45) is 4.07. The van der Waals surface area contributed by atoms with Crippen molar-refractivity contribution in [1.29, 1.82) is 0 Å². The van der Waals surface area contributed by atoms with Crippen LogP contribution >= 0.6 is 11.6 Å². The molecule has 2 rings (SSSR count). The van der Waals surface area contributed by atoms with Gasteiger partial charge < -0.3 is 10.6 Å². The van der Waals surface area contributed by atoms with Crippen LogP contribution in [-0.4, -0.2) is 48.0 Å². The summed E-state index contributed by atoms with van der Waals surface area (Å²) in [6, 6.07) is 2.41. The summed E-state index contributed by atoms with van der Waals surface area (Å²) in [6.45, 7) is 7.44. The predicted octanol–water partition coefficient (Wildman–Crippen LogP) is 2.38. The van der Waals surface area contributed by atoms with Gasteiger partial charge in [-0.15, -0.1) is 0 Å². The third-order valence-corrected chi connectivity index (χ3v) is 3.91. The first kappa shape index (κ1) is 16.0. The topological polar surface area (TPSA) is 57.3 Å². The van der Waals surface area contributed by atoms with Gasteiger partial charge in [0.2, 0.25) is 0 Å². The van der Waals surface area contributed by atoms with Gasteiger partial charge >= 0.3 is 0 Å². The minimum atomic E-state index is -0.145. The molecule has 0 atom stereocenters. The number of rotatable bonds is 8. The fourth-order valence-electron chi connectivity index (χ4n) is 2.34. The molecule has 1 aliphatic carbocycles. The molecule has 0 radical (unpaired) electrons. The van der Waals surface area contributed by atoms with Crippen molar-refractivity contribution >= 4 is 23.3 Å². The minimum Gasteiger partial charge on any atom is -0.370 e. The molecule has 0 aromatic carbocycles. The first-order valence-corrected chi connectivity index (χ1v) is 7.95. The lowest BCUT2D eigenvalue weighted by Gasteiger charge is -2.19. The van der Waals surface area contributed by atoms with E-state index in [4.69, 9.17) is 11.6 Å². The summed E-state index contributed by atoms with van der Waals surface area (Å²) >= 11 is 6.06. The number of amides is 1. The molecule has 0 spiro atoms. The second-order valence-electron chi connectivity index (χ2n) is 5.20. The number of aromatic nitrogens is 1. The third kappa shape index (κ3) is 4.58. The van der Waals surface area contributed by atoms with Crippen LogP contribution in [0.15, 0.2) is 12.3 Å². The average molecular weight is 311 g/mol. The fraction of sp³-hybridized carbons (Fsp3) is 0.600. The molecule has 1 aromatic heterocycles. The summed E-state index contributed by atoms with van der Waals surface area (Å²) in [7, 11) is 0. The highest BCUT2D eigenvalue weighted by Crippen LogP contribution is 2.25. The molecule has 0 unspecified atom stereocenters. The van der Waals surface area contributed by atoms with Crippen LogP contribution in [0.4, 0.5) is 5.82 Å². The zero-order chi connectivity index (χ0) is 15.2. The second kappa shape index (κ2) is 7.61. The van der Waals surface area contributed by atoms with Crippen molar-refractivity contribution < 1.29 is 4.79 Å². The van der Waals surface area contributed by atoms with Gasteiger partial charge in [-0.25, -0.2) is 4.98 Å². The van der Waals surface area contributed by atoms with E-state index < -0.39 is 0 Å². The van der Waals surface area contributed by atoms with Gasteiger partial charge in [0.05, 0.1) is 10.6 Å². The number of halogens is 1. The molecule has 1 fully saturated rings. The van der Waals surface area contributed by atoms with Crippen LogP contribution in [-0.2, 0) is 0 Å². The number of nitrogens with zero attached hydrogens (tertiary/aromatic N) is 2. The summed E-state index contributed by atoms with van der Waals surface area (Å²) in [4.78, 5) is 18.7. The van der Waals surface area contributed by atoms with Gasteiger partial charge in [-0.3, -0.25) is 9.69 Å². The molecule has 2 N–H and O–H groups in total. The van der Waals surface area contributed by atoms with Gasteiger partial charge in [-0.2, -0.15) is 0 Å². The lowest BCUT2D eigenvalue weighted by Crippen LogP contribution is -2.36. The Hall–Kier alpha value is -1.33. The number of hydrogen-bond acceptors (Lipinski definition) is 4. The smallest absolute Gasteiger partial charge is 0.253 e. The van der Waals surface area contributed by atoms with Crippen LogP contribution in [0.1, 0.15) is 37.0 Å². The number of pyridine rings is 1. The summed E-state index contributed by atoms with van der Waals surface area (Å²) in [5, 5.41) is 6.39. The maximum atomic E-state index is 12.2. The van der Waals surface area contributed by atoms with Gasteiger partial charge in [0.25, 0.3) is 5.91 Å². The van der Waals surface area contributed by atoms with Crippen molar-refractivity contribution in [3.8, 4) is 0 Å². The zero-order valence-electron chi connectivity index (χ0n) is 12.7. The van der Waals surface area contributed by atoms with E-state index in [-0.39, 0.29) is 5.91 Å². The highest BCUT2D eigenvalue weighted by molar-refractivity contribution is 6.33. The Morgan fingerprint density at radius 2 is 2.24 bits per heavy atom. The monoisotopic (exact) mass is 310 g/mol. The first-order valence-electron chi connectivity index (χ1n) is 7.57. The zero-order valence-corrected chi connectivity index (χ0v) is 13.4. The van der Waals surface area contributed by atoms with Crippen LogP contribution in [0, 0.1) is 0 Å². The molecule has 1 heterocycles. The number of anilines is 1. The third-order valence-electron chi connectivity index (χ3n) is 3.61. The van der Waals surface area contributed by atoms with Gasteiger partial charge in [-0.05, 0) is 32.4 Å². The minimum absolute atomic E-state index is 0.145. The van der Waals surface area contributed by atoms with Crippen molar-refractivity contribution in [2.24, 2.45) is 0 Å². The number of nitrogens with one attached hydrogen (secondary N) is 2. The molecule has 116 valence electrons. The first-order chi connectivity index (χ1) is 10.2. The van der Waals surface area contributed by atoms with E-state index in [1.807, 2.05) is 6.92 Å². The van der Waals surface area contributed by atoms with Gasteiger partial charge in [0.15, 0.2) is 0 Å². The Kier molecular flexibility index (Phi) is 5.82. The number of carbonyl (C=O) groups is 1. The SMILES string of the molecule is CCNc1cc(C(=O)NCCN(CC)C2CC2)c(Cl)cn1. The molecule has 1 aromatic rings. The van der Waals surface area contributed by atoms with Gasteiger partial charge in [0, 0.05) is 31.9 Å². The maximum Gasteiger partial charge on any atom is 0.253 e. The molecule has 5 nitrogen and oxygen atoms in total. The predicted molar refractivity (Wildman–Crippen MR) is 86.0 cm³/mol. The standard InChI is InChI=1S/C15H23ClN4O/c1-3-17-14-9-12(13(16)10-19-14)15(21)18-7-8-20(4-2)11-5-6-11/h9-11H,3-8H2,1-2H3,(H,17,19)(H,18,21). The molecule has 0 aliphatic heterocycles. The quantitative estimate of drug-likeness (QED) is 0.774. The summed E-state index contributed by atoms with van der Waals surface area (Å²) in [5.74, 6) is 0.522. The van der Waals surface area contributed by atoms with E-state index in [0.29, 0.717) is 22.9 Å². The van der Waals surface area contributed by atoms with E-state index >= 15 is 0 Å². The maximum absolute atomic E-state index is 12.2. The lowest BCUT2D eigenvalue weighted by molar-refractivity contribution is 0.0948. The normalized spacial score (nSPS) is 14.3. The largest absolute Gasteiger partial charge is 0.370 e. The molecule has 1 saturated carbocycles. The Morgan fingerprint density at radius 3 is 2.86 bits per heavy atom. The molecule has 1 aliphatic rings. The molecule has 21 heavy (non-hydrogen) atoms. The van der Waals surface area contributed by atoms with Crippen LogP contribution in [0.5, 0.6) is 0 Å². The van der Waals surface area contributed by atoms with Gasteiger partial charge in [-0.1, -0.05) is 18.5 Å². The van der Waals surface area contributed by atoms with Crippen molar-refractivity contribution in [2.75, 3.05) is 31.5 Å². The van der Waals surface area contributed by atoms with E-state index in [0.717, 1.165) is 25.7 Å². The van der Waals surface area contributed by atoms with Gasteiger partial charge in [0.1, 0.15) is 5.82 Å². The van der Waals surface area contributed by atoms with Crippen LogP contribution in [0.3, 0.4) is 0 Å². The van der Waals surface area contributed by atoms with E-state index in [1.54, 1.807) is 6.07 Å². The number of carbonyl (C=O) groups excluding carboxylic acids is 1. The number of likely N-dealkylation sites (N-methyl/N-ethyl adjacent to an activating group) is 1. The highest BCUT2D eigenvalue weighted by Gasteiger charge is 2.27. The Morgan fingerprint density at radius 1 is 1.48 bits per heavy atom. The second-order valence-corrected chi connectivity index (χ2v) is 5.60. The molecule has 0 saturated heterocycles. The van der Waals surface area contributed by atoms with Crippen LogP contribution in [0.2, 0.25) is 5.02 Å². The Labute approximate surface area is 131 Å². The molecule has 0 bridgehead atoms. The van der Waals surface area contributed by atoms with Crippen molar-refractivity contribution in [2.45, 2.75) is 32.7 Å². The Balaban J connectivity index is 1.88. The highest BCUT2D eigenvalue weighted by atomic mass is 35.5. The molecular weight excluding hydrogens is 288 g/mol. The summed E-state index contributed by atoms with van der Waals surface area (Å²) in [5.41, 5.74) is 0.470.